The van der Waals surface area contributed by atoms with Crippen LogP contribution in [0.3, 0.4) is 0 Å². The lowest BCUT2D eigenvalue weighted by molar-refractivity contribution is 0.573. The number of furan rings is 1. The molecule has 0 aliphatic carbocycles. The molecule has 6 heteroatoms. The molecule has 0 saturated carbocycles. The summed E-state index contributed by atoms with van der Waals surface area (Å²) in [7, 11) is 0. The Morgan fingerprint density at radius 3 is 2.46 bits per heavy atom. The number of halogens is 3. The molecule has 0 radical (unpaired) electrons. The van der Waals surface area contributed by atoms with Crippen molar-refractivity contribution in [2.24, 2.45) is 5.10 Å². The maximum atomic E-state index is 6.10. The van der Waals surface area contributed by atoms with Gasteiger partial charge in [-0.2, -0.15) is 5.10 Å². The molecule has 0 unspecified atom stereocenters. The highest BCUT2D eigenvalue weighted by molar-refractivity contribution is 6.36. The van der Waals surface area contributed by atoms with Gasteiger partial charge in [-0.05, 0) is 36.4 Å². The van der Waals surface area contributed by atoms with Gasteiger partial charge in [0.25, 0.3) is 0 Å². The van der Waals surface area contributed by atoms with Gasteiger partial charge in [0.05, 0.1) is 12.8 Å². The molecule has 0 bridgehead atoms. The Morgan fingerprint density at radius 1 is 0.958 bits per heavy atom. The Balaban J connectivity index is 1.64. The molecule has 3 aromatic rings. The first-order valence-corrected chi connectivity index (χ1v) is 8.31. The van der Waals surface area contributed by atoms with Gasteiger partial charge in [0, 0.05) is 26.2 Å². The van der Waals surface area contributed by atoms with Gasteiger partial charge in [0.15, 0.2) is 0 Å². The van der Waals surface area contributed by atoms with Gasteiger partial charge in [-0.25, -0.2) is 0 Å². The Labute approximate surface area is 154 Å². The van der Waals surface area contributed by atoms with Gasteiger partial charge >= 0.3 is 0 Å². The minimum atomic E-state index is 0.427. The SMILES string of the molecule is Clc1cccc(-c2ccc(/C=N/NCc3c(Cl)cccc3Cl)o2)c1. The van der Waals surface area contributed by atoms with Crippen LogP contribution in [0.5, 0.6) is 0 Å². The summed E-state index contributed by atoms with van der Waals surface area (Å²) in [6.07, 6.45) is 1.60. The third-order valence-electron chi connectivity index (χ3n) is 3.34. The van der Waals surface area contributed by atoms with E-state index in [0.29, 0.717) is 27.4 Å². The Hall–Kier alpha value is -1.94. The zero-order chi connectivity index (χ0) is 16.9. The van der Waals surface area contributed by atoms with E-state index in [1.54, 1.807) is 24.4 Å². The second-order valence-corrected chi connectivity index (χ2v) is 6.26. The molecule has 122 valence electrons. The molecule has 3 nitrogen and oxygen atoms in total. The quantitative estimate of drug-likeness (QED) is 0.434. The molecule has 3 rings (SSSR count). The van der Waals surface area contributed by atoms with E-state index in [1.807, 2.05) is 36.4 Å². The van der Waals surface area contributed by atoms with Crippen molar-refractivity contribution in [3.05, 3.63) is 81.0 Å². The second-order valence-electron chi connectivity index (χ2n) is 5.01. The van der Waals surface area contributed by atoms with Crippen LogP contribution >= 0.6 is 34.8 Å². The van der Waals surface area contributed by atoms with Crippen molar-refractivity contribution in [1.82, 2.24) is 5.43 Å². The number of hydrogen-bond acceptors (Lipinski definition) is 3. The normalized spacial score (nSPS) is 11.1. The van der Waals surface area contributed by atoms with Gasteiger partial charge in [0.1, 0.15) is 11.5 Å². The minimum Gasteiger partial charge on any atom is -0.455 e. The first kappa shape index (κ1) is 16.9. The predicted molar refractivity (Wildman–Crippen MR) is 100 cm³/mol. The average Bonchev–Trinajstić information content (AvgIpc) is 3.03. The van der Waals surface area contributed by atoms with Crippen molar-refractivity contribution in [2.45, 2.75) is 6.54 Å². The third-order valence-corrected chi connectivity index (χ3v) is 4.28. The molecule has 24 heavy (non-hydrogen) atoms. The number of hydrazone groups is 1. The smallest absolute Gasteiger partial charge is 0.147 e. The molecule has 0 spiro atoms. The molecule has 0 atom stereocenters. The highest BCUT2D eigenvalue weighted by Crippen LogP contribution is 2.25. The van der Waals surface area contributed by atoms with Gasteiger partial charge in [0.2, 0.25) is 0 Å². The van der Waals surface area contributed by atoms with Crippen molar-refractivity contribution in [3.8, 4) is 11.3 Å². The first-order chi connectivity index (χ1) is 11.6. The van der Waals surface area contributed by atoms with Gasteiger partial charge in [-0.3, -0.25) is 0 Å². The maximum Gasteiger partial charge on any atom is 0.147 e. The lowest BCUT2D eigenvalue weighted by Crippen LogP contribution is -2.06. The number of hydrogen-bond donors (Lipinski definition) is 1. The fourth-order valence-electron chi connectivity index (χ4n) is 2.15. The van der Waals surface area contributed by atoms with Crippen LogP contribution in [0.1, 0.15) is 11.3 Å². The van der Waals surface area contributed by atoms with Gasteiger partial charge < -0.3 is 9.84 Å². The minimum absolute atomic E-state index is 0.427. The van der Waals surface area contributed by atoms with E-state index in [1.165, 1.54) is 0 Å². The molecule has 1 N–H and O–H groups in total. The fraction of sp³-hybridized carbons (Fsp3) is 0.0556. The van der Waals surface area contributed by atoms with Crippen LogP contribution in [0.15, 0.2) is 64.1 Å². The molecule has 0 amide bonds. The number of nitrogens with one attached hydrogen (secondary N) is 1. The highest BCUT2D eigenvalue weighted by Gasteiger charge is 2.05. The summed E-state index contributed by atoms with van der Waals surface area (Å²) >= 11 is 18.2. The Kier molecular flexibility index (Phi) is 5.46. The summed E-state index contributed by atoms with van der Waals surface area (Å²) in [4.78, 5) is 0. The van der Waals surface area contributed by atoms with Crippen molar-refractivity contribution < 1.29 is 4.42 Å². The van der Waals surface area contributed by atoms with Crippen molar-refractivity contribution in [1.29, 1.82) is 0 Å². The number of benzene rings is 2. The van der Waals surface area contributed by atoms with E-state index >= 15 is 0 Å². The van der Waals surface area contributed by atoms with Gasteiger partial charge in [-0.15, -0.1) is 0 Å². The van der Waals surface area contributed by atoms with E-state index in [9.17, 15) is 0 Å². The van der Waals surface area contributed by atoms with E-state index in [2.05, 4.69) is 10.5 Å². The molecule has 0 fully saturated rings. The largest absolute Gasteiger partial charge is 0.455 e. The van der Waals surface area contributed by atoms with Crippen molar-refractivity contribution in [2.75, 3.05) is 0 Å². The van der Waals surface area contributed by atoms with E-state index in [4.69, 9.17) is 39.2 Å². The lowest BCUT2D eigenvalue weighted by Gasteiger charge is -2.05. The average molecular weight is 380 g/mol. The van der Waals surface area contributed by atoms with Gasteiger partial charge in [-0.1, -0.05) is 53.0 Å². The molecule has 1 aromatic heterocycles. The summed E-state index contributed by atoms with van der Waals surface area (Å²) in [5, 5.41) is 6.00. The molecular weight excluding hydrogens is 367 g/mol. The molecule has 0 aliphatic rings. The monoisotopic (exact) mass is 378 g/mol. The second kappa shape index (κ2) is 7.75. The summed E-state index contributed by atoms with van der Waals surface area (Å²) in [5.74, 6) is 1.36. The standard InChI is InChI=1S/C18H13Cl3N2O/c19-13-4-1-3-12(9-13)18-8-7-14(24-18)10-22-23-11-15-16(20)5-2-6-17(15)21/h1-10,23H,11H2/b22-10+. The molecule has 2 aromatic carbocycles. The fourth-order valence-corrected chi connectivity index (χ4v) is 2.88. The van der Waals surface area contributed by atoms with Crippen LogP contribution in [0, 0.1) is 0 Å². The summed E-state index contributed by atoms with van der Waals surface area (Å²) in [5.41, 5.74) is 4.63. The van der Waals surface area contributed by atoms with Crippen LogP contribution in [0.25, 0.3) is 11.3 Å². The maximum absolute atomic E-state index is 6.10. The van der Waals surface area contributed by atoms with Crippen LogP contribution in [0.2, 0.25) is 15.1 Å². The van der Waals surface area contributed by atoms with E-state index in [0.717, 1.165) is 16.9 Å². The van der Waals surface area contributed by atoms with E-state index in [-0.39, 0.29) is 0 Å². The molecular formula is C18H13Cl3N2O. The van der Waals surface area contributed by atoms with Crippen LogP contribution in [-0.2, 0) is 6.54 Å². The zero-order valence-electron chi connectivity index (χ0n) is 12.5. The van der Waals surface area contributed by atoms with E-state index < -0.39 is 0 Å². The zero-order valence-corrected chi connectivity index (χ0v) is 14.7. The molecule has 1 heterocycles. The highest BCUT2D eigenvalue weighted by atomic mass is 35.5. The summed E-state index contributed by atoms with van der Waals surface area (Å²) < 4.78 is 5.72. The topological polar surface area (TPSA) is 37.5 Å². The van der Waals surface area contributed by atoms with Crippen molar-refractivity contribution >= 4 is 41.0 Å². The predicted octanol–water partition coefficient (Wildman–Crippen LogP) is 6.03. The van der Waals surface area contributed by atoms with Crippen LogP contribution in [0.4, 0.5) is 0 Å². The third kappa shape index (κ3) is 4.12. The number of nitrogens with zero attached hydrogens (tertiary/aromatic N) is 1. The Morgan fingerprint density at radius 2 is 1.71 bits per heavy atom. The summed E-state index contributed by atoms with van der Waals surface area (Å²) in [6.45, 7) is 0.427. The summed E-state index contributed by atoms with van der Waals surface area (Å²) in [6, 6.07) is 16.6. The lowest BCUT2D eigenvalue weighted by atomic mass is 10.2. The Bertz CT molecular complexity index is 854. The first-order valence-electron chi connectivity index (χ1n) is 7.18. The van der Waals surface area contributed by atoms with Crippen LogP contribution < -0.4 is 5.43 Å². The van der Waals surface area contributed by atoms with Crippen molar-refractivity contribution in [3.63, 3.8) is 0 Å². The molecule has 0 aliphatic heterocycles. The molecule has 0 saturated heterocycles. The number of rotatable bonds is 5. The van der Waals surface area contributed by atoms with Crippen LogP contribution in [-0.4, -0.2) is 6.21 Å².